The number of halogens is 1. The van der Waals surface area contributed by atoms with Crippen molar-refractivity contribution >= 4 is 62.6 Å². The predicted octanol–water partition coefficient (Wildman–Crippen LogP) is 4.97. The molecule has 14 nitrogen and oxygen atoms in total. The van der Waals surface area contributed by atoms with E-state index in [0.29, 0.717) is 54.1 Å². The Labute approximate surface area is 348 Å². The summed E-state index contributed by atoms with van der Waals surface area (Å²) in [6, 6.07) is 4.16. The zero-order valence-electron chi connectivity index (χ0n) is 33.3. The predicted molar refractivity (Wildman–Crippen MR) is 217 cm³/mol. The summed E-state index contributed by atoms with van der Waals surface area (Å²) in [5.74, 6) is -3.99. The first-order valence-electron chi connectivity index (χ1n) is 20.1. The molecule has 17 heteroatoms. The number of fused-ring (bicyclic) bond motifs is 4. The van der Waals surface area contributed by atoms with Gasteiger partial charge in [0.25, 0.3) is 11.8 Å². The van der Waals surface area contributed by atoms with Gasteiger partial charge < -0.3 is 24.6 Å². The number of hydrogen-bond acceptors (Lipinski definition) is 11. The number of esters is 1. The zero-order valence-corrected chi connectivity index (χ0v) is 35.7. The van der Waals surface area contributed by atoms with Crippen molar-refractivity contribution in [3.05, 3.63) is 45.8 Å². The Bertz CT molecular complexity index is 2100. The number of thiazole rings is 1. The molecule has 2 aliphatic carbocycles. The Morgan fingerprint density at radius 1 is 1.09 bits per heavy atom. The van der Waals surface area contributed by atoms with Gasteiger partial charge in [-0.15, -0.1) is 11.3 Å². The average molecular weight is 858 g/mol. The van der Waals surface area contributed by atoms with Crippen LogP contribution in [0.25, 0.3) is 11.3 Å². The second-order valence-corrected chi connectivity index (χ2v) is 20.8. The highest BCUT2D eigenvalue weighted by molar-refractivity contribution is 7.91. The van der Waals surface area contributed by atoms with Crippen LogP contribution in [0.5, 0.6) is 5.75 Å². The fourth-order valence-corrected chi connectivity index (χ4v) is 10.8. The SMILES string of the molecule is COc1ccc(-c2csc(C(=O)N3C[C@H]4CN5C(=O)[C@@H](CC(=O)OCC(C)(C)C)CCCCC/C=C\[C@@H]6C[C@@]6(C(=O)NS(=O)(=O)C6CC6)NC(=O)[C@@H]5[C@H]4C3)n2)cc1Cl. The van der Waals surface area contributed by atoms with Crippen molar-refractivity contribution in [3.63, 3.8) is 0 Å². The van der Waals surface area contributed by atoms with Crippen molar-refractivity contribution in [2.24, 2.45) is 29.1 Å². The molecule has 0 unspecified atom stereocenters. The number of carbonyl (C=O) groups is 5. The number of nitrogens with zero attached hydrogens (tertiary/aromatic N) is 3. The van der Waals surface area contributed by atoms with Crippen LogP contribution in [-0.2, 0) is 33.9 Å². The minimum atomic E-state index is -3.91. The molecule has 4 heterocycles. The summed E-state index contributed by atoms with van der Waals surface area (Å²) in [6.45, 7) is 6.61. The lowest BCUT2D eigenvalue weighted by atomic mass is 9.92. The lowest BCUT2D eigenvalue weighted by Gasteiger charge is -2.32. The summed E-state index contributed by atoms with van der Waals surface area (Å²) in [4.78, 5) is 78.2. The number of benzene rings is 1. The highest BCUT2D eigenvalue weighted by atomic mass is 35.5. The van der Waals surface area contributed by atoms with Crippen LogP contribution in [0.3, 0.4) is 0 Å². The van der Waals surface area contributed by atoms with Crippen molar-refractivity contribution < 1.29 is 41.9 Å². The van der Waals surface area contributed by atoms with Gasteiger partial charge in [-0.1, -0.05) is 57.4 Å². The van der Waals surface area contributed by atoms with Crippen LogP contribution in [0, 0.1) is 29.1 Å². The molecule has 314 valence electrons. The van der Waals surface area contributed by atoms with Crippen molar-refractivity contribution in [3.8, 4) is 17.0 Å². The van der Waals surface area contributed by atoms with Gasteiger partial charge in [0.2, 0.25) is 21.8 Å². The Kier molecular flexibility index (Phi) is 12.0. The Hall–Kier alpha value is -4.02. The first kappa shape index (κ1) is 42.1. The maximum atomic E-state index is 14.7. The van der Waals surface area contributed by atoms with Crippen molar-refractivity contribution in [1.29, 1.82) is 0 Å². The molecule has 6 atom stereocenters. The second kappa shape index (κ2) is 16.6. The van der Waals surface area contributed by atoms with E-state index in [1.807, 2.05) is 32.9 Å². The second-order valence-electron chi connectivity index (χ2n) is 17.6. The molecule has 2 saturated heterocycles. The van der Waals surface area contributed by atoms with E-state index in [4.69, 9.17) is 21.1 Å². The lowest BCUT2D eigenvalue weighted by molar-refractivity contribution is -0.152. The molecule has 2 saturated carbocycles. The van der Waals surface area contributed by atoms with E-state index in [0.717, 1.165) is 12.8 Å². The molecular formula is C41H52ClN5O9S2. The molecule has 1 aromatic carbocycles. The molecular weight excluding hydrogens is 806 g/mol. The summed E-state index contributed by atoms with van der Waals surface area (Å²) in [5, 5.41) is 4.74. The molecule has 4 fully saturated rings. The van der Waals surface area contributed by atoms with Crippen LogP contribution in [0.2, 0.25) is 5.02 Å². The van der Waals surface area contributed by atoms with Crippen LogP contribution in [0.15, 0.2) is 35.7 Å². The number of rotatable bonds is 9. The van der Waals surface area contributed by atoms with Crippen molar-refractivity contribution in [1.82, 2.24) is 24.8 Å². The third-order valence-electron chi connectivity index (χ3n) is 11.8. The highest BCUT2D eigenvalue weighted by Gasteiger charge is 2.63. The van der Waals surface area contributed by atoms with Gasteiger partial charge >= 0.3 is 5.97 Å². The summed E-state index contributed by atoms with van der Waals surface area (Å²) >= 11 is 7.54. The van der Waals surface area contributed by atoms with E-state index in [2.05, 4.69) is 15.0 Å². The van der Waals surface area contributed by atoms with Crippen LogP contribution < -0.4 is 14.8 Å². The number of amides is 4. The molecule has 5 aliphatic rings. The van der Waals surface area contributed by atoms with Crippen LogP contribution in [0.1, 0.15) is 88.4 Å². The van der Waals surface area contributed by atoms with Gasteiger partial charge in [-0.05, 0) is 62.1 Å². The van der Waals surface area contributed by atoms with Gasteiger partial charge in [0, 0.05) is 54.2 Å². The van der Waals surface area contributed by atoms with Crippen LogP contribution in [-0.4, -0.2) is 103 Å². The third kappa shape index (κ3) is 9.08. The minimum absolute atomic E-state index is 0.140. The standard InChI is InChI=1S/C41H52ClN5O9S2/c1-40(2,3)23-56-33(48)17-25-10-8-6-5-7-9-11-27-18-41(27,39(52)45-58(53,54)28-13-14-28)44-35(49)34-29-21-46(19-26(29)20-47(34)37(25)50)38(51)36-43-31(22-57-36)24-12-15-32(55-4)30(42)16-24/h9,11-12,15-16,22,25-29,34H,5-8,10,13-14,17-21,23H2,1-4H3,(H,44,49)(H,45,52)/b11-9-/t25-,26+,27-,29+,34+,41-/m1/s1. The third-order valence-corrected chi connectivity index (χ3v) is 14.8. The summed E-state index contributed by atoms with van der Waals surface area (Å²) < 4.78 is 38.9. The average Bonchev–Trinajstić information content (AvgIpc) is 3.99. The molecule has 58 heavy (non-hydrogen) atoms. The smallest absolute Gasteiger partial charge is 0.306 e. The van der Waals surface area contributed by atoms with E-state index in [9.17, 15) is 32.4 Å². The summed E-state index contributed by atoms with van der Waals surface area (Å²) in [6.07, 6.45) is 8.25. The largest absolute Gasteiger partial charge is 0.495 e. The fourth-order valence-electron chi connectivity index (χ4n) is 8.39. The molecule has 2 aromatic rings. The minimum Gasteiger partial charge on any atom is -0.495 e. The number of carbonyl (C=O) groups excluding carboxylic acids is 5. The van der Waals surface area contributed by atoms with Gasteiger partial charge in [-0.25, -0.2) is 13.4 Å². The quantitative estimate of drug-likeness (QED) is 0.258. The van der Waals surface area contributed by atoms with Crippen molar-refractivity contribution in [2.75, 3.05) is 33.4 Å². The first-order chi connectivity index (χ1) is 27.5. The maximum Gasteiger partial charge on any atom is 0.306 e. The number of nitrogens with one attached hydrogen (secondary N) is 2. The molecule has 7 rings (SSSR count). The van der Waals surface area contributed by atoms with Crippen molar-refractivity contribution in [2.45, 2.75) is 95.4 Å². The fraction of sp³-hybridized carbons (Fsp3) is 0.610. The topological polar surface area (TPSA) is 181 Å². The first-order valence-corrected chi connectivity index (χ1v) is 22.9. The Morgan fingerprint density at radius 2 is 1.86 bits per heavy atom. The van der Waals surface area contributed by atoms with E-state index in [-0.39, 0.29) is 67.2 Å². The molecule has 4 amide bonds. The Balaban J connectivity index is 1.16. The number of sulfonamides is 1. The molecule has 2 N–H and O–H groups in total. The normalized spacial score (nSPS) is 28.3. The zero-order chi connectivity index (χ0) is 41.6. The number of methoxy groups -OCH3 is 1. The van der Waals surface area contributed by atoms with E-state index >= 15 is 0 Å². The molecule has 3 aliphatic heterocycles. The van der Waals surface area contributed by atoms with E-state index in [1.54, 1.807) is 28.5 Å². The highest BCUT2D eigenvalue weighted by Crippen LogP contribution is 2.47. The van der Waals surface area contributed by atoms with Gasteiger partial charge in [-0.3, -0.25) is 28.7 Å². The lowest BCUT2D eigenvalue weighted by Crippen LogP contribution is -2.58. The van der Waals surface area contributed by atoms with Gasteiger partial charge in [-0.2, -0.15) is 0 Å². The Morgan fingerprint density at radius 3 is 2.57 bits per heavy atom. The van der Waals surface area contributed by atoms with Crippen LogP contribution >= 0.6 is 22.9 Å². The van der Waals surface area contributed by atoms with Crippen LogP contribution in [0.4, 0.5) is 0 Å². The van der Waals surface area contributed by atoms with E-state index < -0.39 is 62.4 Å². The molecule has 0 bridgehead atoms. The number of ether oxygens (including phenoxy) is 2. The molecule has 0 radical (unpaired) electrons. The van der Waals surface area contributed by atoms with Gasteiger partial charge in [0.15, 0.2) is 5.01 Å². The number of hydrogen-bond donors (Lipinski definition) is 2. The van der Waals surface area contributed by atoms with Gasteiger partial charge in [0.1, 0.15) is 17.3 Å². The summed E-state index contributed by atoms with van der Waals surface area (Å²) in [7, 11) is -2.39. The molecule has 1 aromatic heterocycles. The monoisotopic (exact) mass is 857 g/mol. The summed E-state index contributed by atoms with van der Waals surface area (Å²) in [5.41, 5.74) is -0.497. The number of allylic oxidation sites excluding steroid dienone is 1. The number of likely N-dealkylation sites (tertiary alicyclic amines) is 1. The maximum absolute atomic E-state index is 14.7. The van der Waals surface area contributed by atoms with E-state index in [1.165, 1.54) is 23.3 Å². The van der Waals surface area contributed by atoms with Gasteiger partial charge in [0.05, 0.1) is 36.1 Å². The molecule has 0 spiro atoms. The number of aromatic nitrogens is 1.